The summed E-state index contributed by atoms with van der Waals surface area (Å²) in [6.45, 7) is 2.92. The first kappa shape index (κ1) is 17.7. The maximum absolute atomic E-state index is 12.8. The van der Waals surface area contributed by atoms with Gasteiger partial charge >= 0.3 is 0 Å². The summed E-state index contributed by atoms with van der Waals surface area (Å²) in [5.41, 5.74) is 2.65. The van der Waals surface area contributed by atoms with Crippen LogP contribution in [0.2, 0.25) is 0 Å². The van der Waals surface area contributed by atoms with Crippen molar-refractivity contribution in [3.05, 3.63) is 29.3 Å². The number of likely N-dealkylation sites (tertiary alicyclic amines) is 1. The molecule has 0 aromatic heterocycles. The van der Waals surface area contributed by atoms with Crippen LogP contribution in [0.15, 0.2) is 18.2 Å². The van der Waals surface area contributed by atoms with Crippen LogP contribution in [0.4, 0.5) is 5.69 Å². The normalized spacial score (nSPS) is 32.0. The van der Waals surface area contributed by atoms with E-state index in [9.17, 15) is 9.59 Å². The summed E-state index contributed by atoms with van der Waals surface area (Å²) >= 11 is 0. The number of amides is 1. The molecule has 28 heavy (non-hydrogen) atoms. The largest absolute Gasteiger partial charge is 0.493 e. The topological polar surface area (TPSA) is 67.9 Å². The van der Waals surface area contributed by atoms with Crippen molar-refractivity contribution in [1.29, 1.82) is 0 Å². The Morgan fingerprint density at radius 3 is 3.04 bits per heavy atom. The summed E-state index contributed by atoms with van der Waals surface area (Å²) in [5.74, 6) is 1.56. The second-order valence-electron chi connectivity index (χ2n) is 8.43. The van der Waals surface area contributed by atoms with E-state index in [1.807, 2.05) is 13.0 Å². The lowest BCUT2D eigenvalue weighted by molar-refractivity contribution is -0.127. The molecule has 1 aromatic carbocycles. The SMILES string of the molecule is CCCC(=O)Nc1cc(OC)c2c3c1C[C@@H]1[C@@H]4C=CC(=O)[C@H](O2)[C@]34CCN1C. The minimum absolute atomic E-state index is 0.00831. The third-order valence-corrected chi connectivity index (χ3v) is 7.09. The number of piperidine rings is 1. The van der Waals surface area contributed by atoms with E-state index in [2.05, 4.69) is 23.3 Å². The molecule has 6 heteroatoms. The molecule has 1 N–H and O–H groups in total. The van der Waals surface area contributed by atoms with Crippen molar-refractivity contribution < 1.29 is 19.1 Å². The number of carbonyl (C=O) groups excluding carboxylic acids is 2. The van der Waals surface area contributed by atoms with Crippen LogP contribution in [0.25, 0.3) is 0 Å². The molecule has 4 aliphatic rings. The number of ether oxygens (including phenoxy) is 2. The maximum Gasteiger partial charge on any atom is 0.224 e. The van der Waals surface area contributed by atoms with Crippen LogP contribution < -0.4 is 14.8 Å². The fraction of sp³-hybridized carbons (Fsp3) is 0.545. The van der Waals surface area contributed by atoms with E-state index >= 15 is 0 Å². The van der Waals surface area contributed by atoms with Crippen LogP contribution >= 0.6 is 0 Å². The quantitative estimate of drug-likeness (QED) is 0.866. The summed E-state index contributed by atoms with van der Waals surface area (Å²) in [6, 6.07) is 2.15. The van der Waals surface area contributed by atoms with Gasteiger partial charge in [-0.1, -0.05) is 13.0 Å². The minimum atomic E-state index is -0.497. The van der Waals surface area contributed by atoms with Crippen molar-refractivity contribution in [3.8, 4) is 11.5 Å². The third-order valence-electron chi connectivity index (χ3n) is 7.09. The molecule has 6 nitrogen and oxygen atoms in total. The molecule has 2 bridgehead atoms. The predicted molar refractivity (Wildman–Crippen MR) is 105 cm³/mol. The van der Waals surface area contributed by atoms with Gasteiger partial charge in [0.05, 0.1) is 12.5 Å². The van der Waals surface area contributed by atoms with Crippen molar-refractivity contribution >= 4 is 17.4 Å². The monoisotopic (exact) mass is 382 g/mol. The van der Waals surface area contributed by atoms with Crippen LogP contribution in [0.1, 0.15) is 37.3 Å². The van der Waals surface area contributed by atoms with E-state index in [0.717, 1.165) is 42.6 Å². The van der Waals surface area contributed by atoms with Gasteiger partial charge in [0.15, 0.2) is 23.4 Å². The van der Waals surface area contributed by atoms with Crippen molar-refractivity contribution in [2.24, 2.45) is 5.92 Å². The number of carbonyl (C=O) groups is 2. The summed E-state index contributed by atoms with van der Waals surface area (Å²) in [5, 5.41) is 3.10. The highest BCUT2D eigenvalue weighted by Gasteiger charge is 2.65. The molecule has 148 valence electrons. The molecule has 0 radical (unpaired) electrons. The Hall–Kier alpha value is -2.34. The molecule has 2 aliphatic carbocycles. The zero-order valence-corrected chi connectivity index (χ0v) is 16.6. The Balaban J connectivity index is 1.74. The molecule has 1 fully saturated rings. The number of ketones is 1. The van der Waals surface area contributed by atoms with Crippen LogP contribution in [0.5, 0.6) is 11.5 Å². The number of hydrogen-bond acceptors (Lipinski definition) is 5. The number of nitrogens with one attached hydrogen (secondary N) is 1. The summed E-state index contributed by atoms with van der Waals surface area (Å²) in [4.78, 5) is 27.6. The number of benzene rings is 1. The van der Waals surface area contributed by atoms with Gasteiger partial charge in [-0.3, -0.25) is 9.59 Å². The number of hydrogen-bond donors (Lipinski definition) is 1. The van der Waals surface area contributed by atoms with Gasteiger partial charge in [-0.05, 0) is 44.5 Å². The number of nitrogens with zero attached hydrogens (tertiary/aromatic N) is 1. The standard InChI is InChI=1S/C22H26N2O4/c1-4-5-18(26)23-14-11-17(27-3)20-19-12(14)10-15-13-6-7-16(25)21(28-20)22(13,19)8-9-24(15)2/h6-7,11,13,15,21H,4-5,8-10H2,1-3H3,(H,23,26)/t13-,15+,21-,22-/m0/s1. The molecule has 0 unspecified atom stereocenters. The van der Waals surface area contributed by atoms with Gasteiger partial charge in [-0.2, -0.15) is 0 Å². The van der Waals surface area contributed by atoms with E-state index < -0.39 is 6.10 Å². The van der Waals surface area contributed by atoms with E-state index in [1.165, 1.54) is 0 Å². The number of anilines is 1. The molecule has 1 spiro atoms. The molecule has 2 heterocycles. The van der Waals surface area contributed by atoms with E-state index in [1.54, 1.807) is 13.2 Å². The first-order valence-electron chi connectivity index (χ1n) is 10.1. The second kappa shape index (κ2) is 6.08. The van der Waals surface area contributed by atoms with Crippen LogP contribution in [0.3, 0.4) is 0 Å². The van der Waals surface area contributed by atoms with Gasteiger partial charge < -0.3 is 19.7 Å². The van der Waals surface area contributed by atoms with Gasteiger partial charge in [0.1, 0.15) is 0 Å². The molecule has 1 saturated heterocycles. The number of methoxy groups -OCH3 is 1. The van der Waals surface area contributed by atoms with Gasteiger partial charge in [0.25, 0.3) is 0 Å². The lowest BCUT2D eigenvalue weighted by atomic mass is 9.53. The number of rotatable bonds is 4. The first-order valence-corrected chi connectivity index (χ1v) is 10.1. The van der Waals surface area contributed by atoms with Gasteiger partial charge in [-0.15, -0.1) is 0 Å². The molecule has 1 amide bonds. The van der Waals surface area contributed by atoms with Gasteiger partial charge in [0.2, 0.25) is 5.91 Å². The van der Waals surface area contributed by atoms with Crippen LogP contribution in [-0.2, 0) is 21.4 Å². The van der Waals surface area contributed by atoms with E-state index in [4.69, 9.17) is 9.47 Å². The molecule has 5 rings (SSSR count). The van der Waals surface area contributed by atoms with Crippen molar-refractivity contribution in [3.63, 3.8) is 0 Å². The zero-order chi connectivity index (χ0) is 19.6. The Morgan fingerprint density at radius 2 is 2.29 bits per heavy atom. The smallest absolute Gasteiger partial charge is 0.224 e. The lowest BCUT2D eigenvalue weighted by Crippen LogP contribution is -2.64. The second-order valence-corrected chi connectivity index (χ2v) is 8.43. The Bertz CT molecular complexity index is 908. The van der Waals surface area contributed by atoms with Gasteiger partial charge in [-0.25, -0.2) is 0 Å². The average molecular weight is 382 g/mol. The third kappa shape index (κ3) is 2.12. The number of likely N-dealkylation sites (N-methyl/N-ethyl adjacent to an activating group) is 1. The fourth-order valence-electron chi connectivity index (χ4n) is 5.86. The zero-order valence-electron chi connectivity index (χ0n) is 16.6. The van der Waals surface area contributed by atoms with Crippen molar-refractivity contribution in [2.75, 3.05) is 26.0 Å². The lowest BCUT2D eigenvalue weighted by Gasteiger charge is -2.55. The Kier molecular flexibility index (Phi) is 3.85. The molecule has 4 atom stereocenters. The van der Waals surface area contributed by atoms with Crippen LogP contribution in [0, 0.1) is 5.92 Å². The average Bonchev–Trinajstić information content (AvgIpc) is 3.02. The Labute approximate surface area is 164 Å². The molecular formula is C22H26N2O4. The summed E-state index contributed by atoms with van der Waals surface area (Å²) < 4.78 is 11.9. The highest BCUT2D eigenvalue weighted by Crippen LogP contribution is 2.63. The Morgan fingerprint density at radius 1 is 1.46 bits per heavy atom. The summed E-state index contributed by atoms with van der Waals surface area (Å²) in [7, 11) is 3.76. The van der Waals surface area contributed by atoms with Crippen molar-refractivity contribution in [1.82, 2.24) is 4.90 Å². The molecular weight excluding hydrogens is 356 g/mol. The first-order chi connectivity index (χ1) is 13.5. The molecule has 0 saturated carbocycles. The van der Waals surface area contributed by atoms with Crippen molar-refractivity contribution in [2.45, 2.75) is 50.2 Å². The highest BCUT2D eigenvalue weighted by molar-refractivity contribution is 5.99. The summed E-state index contributed by atoms with van der Waals surface area (Å²) in [6.07, 6.45) is 6.26. The molecule has 2 aliphatic heterocycles. The van der Waals surface area contributed by atoms with E-state index in [0.29, 0.717) is 17.9 Å². The fourth-order valence-corrected chi connectivity index (χ4v) is 5.86. The minimum Gasteiger partial charge on any atom is -0.493 e. The van der Waals surface area contributed by atoms with E-state index in [-0.39, 0.29) is 29.1 Å². The maximum atomic E-state index is 12.8. The highest BCUT2D eigenvalue weighted by atomic mass is 16.5. The predicted octanol–water partition coefficient (Wildman–Crippen LogP) is 2.45. The van der Waals surface area contributed by atoms with Crippen LogP contribution in [-0.4, -0.2) is 49.4 Å². The molecule has 1 aromatic rings. The van der Waals surface area contributed by atoms with Gasteiger partial charge in [0, 0.05) is 35.7 Å².